The molecular weight excluding hydrogens is 257 g/mol. The Morgan fingerprint density at radius 3 is 2.83 bits per heavy atom. The van der Waals surface area contributed by atoms with Crippen LogP contribution in [0.4, 0.5) is 10.2 Å². The molecule has 0 unspecified atom stereocenters. The van der Waals surface area contributed by atoms with E-state index in [1.165, 1.54) is 18.5 Å². The zero-order valence-electron chi connectivity index (χ0n) is 9.40. The molecule has 94 valence electrons. The van der Waals surface area contributed by atoms with Crippen LogP contribution in [0.15, 0.2) is 30.6 Å². The van der Waals surface area contributed by atoms with Crippen molar-refractivity contribution in [3.05, 3.63) is 52.7 Å². The van der Waals surface area contributed by atoms with E-state index in [4.69, 9.17) is 16.7 Å². The molecule has 0 saturated carbocycles. The highest BCUT2D eigenvalue weighted by Crippen LogP contribution is 2.12. The van der Waals surface area contributed by atoms with Crippen molar-refractivity contribution in [2.75, 3.05) is 5.32 Å². The maximum Gasteiger partial charge on any atom is 0.149 e. The van der Waals surface area contributed by atoms with Crippen LogP contribution >= 0.6 is 11.6 Å². The first-order valence-corrected chi connectivity index (χ1v) is 5.66. The number of anilines is 1. The Hall–Kier alpha value is -1.72. The second-order valence-electron chi connectivity index (χ2n) is 3.66. The number of rotatable bonds is 4. The maximum absolute atomic E-state index is 13.4. The molecule has 0 spiro atoms. The Morgan fingerprint density at radius 2 is 2.17 bits per heavy atom. The zero-order valence-corrected chi connectivity index (χ0v) is 10.2. The van der Waals surface area contributed by atoms with Crippen molar-refractivity contribution in [1.29, 1.82) is 0 Å². The third kappa shape index (κ3) is 3.15. The molecule has 0 aliphatic rings. The van der Waals surface area contributed by atoms with Crippen LogP contribution in [-0.2, 0) is 13.2 Å². The fourth-order valence-corrected chi connectivity index (χ4v) is 1.60. The second kappa shape index (κ2) is 5.75. The summed E-state index contributed by atoms with van der Waals surface area (Å²) in [7, 11) is 0. The number of aliphatic hydroxyl groups excluding tert-OH is 1. The van der Waals surface area contributed by atoms with E-state index < -0.39 is 5.82 Å². The van der Waals surface area contributed by atoms with E-state index in [-0.39, 0.29) is 12.2 Å². The molecule has 1 heterocycles. The molecule has 0 amide bonds. The summed E-state index contributed by atoms with van der Waals surface area (Å²) in [6.45, 7) is 0.0942. The maximum atomic E-state index is 13.4. The molecule has 0 aliphatic heterocycles. The number of hydrogen-bond acceptors (Lipinski definition) is 4. The highest BCUT2D eigenvalue weighted by atomic mass is 35.5. The molecule has 18 heavy (non-hydrogen) atoms. The number of aliphatic hydroxyl groups is 1. The number of nitrogens with zero attached hydrogens (tertiary/aromatic N) is 2. The van der Waals surface area contributed by atoms with Crippen LogP contribution in [0.3, 0.4) is 0 Å². The van der Waals surface area contributed by atoms with Gasteiger partial charge in [-0.3, -0.25) is 4.98 Å². The minimum atomic E-state index is -0.422. The SMILES string of the molecule is OCc1ccc(CNc2cncc(Cl)n2)cc1F. The molecule has 0 aliphatic carbocycles. The molecule has 2 aromatic rings. The average Bonchev–Trinajstić information content (AvgIpc) is 2.37. The molecule has 2 N–H and O–H groups in total. The lowest BCUT2D eigenvalue weighted by Crippen LogP contribution is -2.03. The average molecular weight is 268 g/mol. The zero-order chi connectivity index (χ0) is 13.0. The van der Waals surface area contributed by atoms with Gasteiger partial charge >= 0.3 is 0 Å². The van der Waals surface area contributed by atoms with Gasteiger partial charge in [-0.2, -0.15) is 0 Å². The van der Waals surface area contributed by atoms with E-state index in [0.29, 0.717) is 17.5 Å². The third-order valence-corrected chi connectivity index (χ3v) is 2.55. The van der Waals surface area contributed by atoms with Crippen molar-refractivity contribution < 1.29 is 9.50 Å². The van der Waals surface area contributed by atoms with Crippen LogP contribution in [0.1, 0.15) is 11.1 Å². The van der Waals surface area contributed by atoms with E-state index in [9.17, 15) is 4.39 Å². The molecule has 0 saturated heterocycles. The van der Waals surface area contributed by atoms with Gasteiger partial charge in [0.2, 0.25) is 0 Å². The standard InChI is InChI=1S/C12H11ClFN3O/c13-11-5-15-6-12(17-11)16-4-8-1-2-9(7-18)10(14)3-8/h1-3,5-6,18H,4,7H2,(H,16,17). The number of nitrogens with one attached hydrogen (secondary N) is 1. The summed E-state index contributed by atoms with van der Waals surface area (Å²) in [5, 5.41) is 12.1. The predicted octanol–water partition coefficient (Wildman–Crippen LogP) is 2.37. The highest BCUT2D eigenvalue weighted by molar-refractivity contribution is 6.29. The van der Waals surface area contributed by atoms with Crippen molar-refractivity contribution in [3.63, 3.8) is 0 Å². The summed E-state index contributed by atoms with van der Waals surface area (Å²) in [6.07, 6.45) is 2.97. The van der Waals surface area contributed by atoms with E-state index >= 15 is 0 Å². The van der Waals surface area contributed by atoms with Gasteiger partial charge in [-0.25, -0.2) is 9.37 Å². The Balaban J connectivity index is 2.04. The summed E-state index contributed by atoms with van der Waals surface area (Å²) in [5.74, 6) is 0.100. The van der Waals surface area contributed by atoms with Crippen LogP contribution < -0.4 is 5.32 Å². The Kier molecular flexibility index (Phi) is 4.07. The first-order chi connectivity index (χ1) is 8.69. The monoisotopic (exact) mass is 267 g/mol. The molecule has 6 heteroatoms. The van der Waals surface area contributed by atoms with Gasteiger partial charge in [-0.05, 0) is 11.6 Å². The van der Waals surface area contributed by atoms with E-state index in [0.717, 1.165) is 5.56 Å². The highest BCUT2D eigenvalue weighted by Gasteiger charge is 2.03. The normalized spacial score (nSPS) is 10.4. The summed E-state index contributed by atoms with van der Waals surface area (Å²) < 4.78 is 13.4. The molecular formula is C12H11ClFN3O. The molecule has 0 atom stereocenters. The van der Waals surface area contributed by atoms with Crippen LogP contribution in [0, 0.1) is 5.82 Å². The van der Waals surface area contributed by atoms with Gasteiger partial charge < -0.3 is 10.4 Å². The molecule has 0 fully saturated rings. The Morgan fingerprint density at radius 1 is 1.33 bits per heavy atom. The van der Waals surface area contributed by atoms with Crippen molar-refractivity contribution in [1.82, 2.24) is 9.97 Å². The molecule has 2 rings (SSSR count). The minimum Gasteiger partial charge on any atom is -0.392 e. The van der Waals surface area contributed by atoms with Gasteiger partial charge in [0, 0.05) is 12.1 Å². The summed E-state index contributed by atoms with van der Waals surface area (Å²) in [5.41, 5.74) is 1.02. The van der Waals surface area contributed by atoms with Crippen LogP contribution in [0.5, 0.6) is 0 Å². The number of hydrogen-bond donors (Lipinski definition) is 2. The fourth-order valence-electron chi connectivity index (χ4n) is 1.45. The number of halogens is 2. The first kappa shape index (κ1) is 12.7. The summed E-state index contributed by atoms with van der Waals surface area (Å²) >= 11 is 5.69. The van der Waals surface area contributed by atoms with Gasteiger partial charge in [-0.1, -0.05) is 23.7 Å². The second-order valence-corrected chi connectivity index (χ2v) is 4.05. The van der Waals surface area contributed by atoms with E-state index in [2.05, 4.69) is 15.3 Å². The number of aromatic nitrogens is 2. The van der Waals surface area contributed by atoms with Crippen LogP contribution in [0.25, 0.3) is 0 Å². The number of benzene rings is 1. The third-order valence-electron chi connectivity index (χ3n) is 2.37. The van der Waals surface area contributed by atoms with Crippen molar-refractivity contribution in [3.8, 4) is 0 Å². The van der Waals surface area contributed by atoms with Gasteiger partial charge in [-0.15, -0.1) is 0 Å². The lowest BCUT2D eigenvalue weighted by molar-refractivity contribution is 0.275. The summed E-state index contributed by atoms with van der Waals surface area (Å²) in [4.78, 5) is 7.88. The summed E-state index contributed by atoms with van der Waals surface area (Å²) in [6, 6.07) is 4.66. The predicted molar refractivity (Wildman–Crippen MR) is 66.7 cm³/mol. The molecule has 0 radical (unpaired) electrons. The lowest BCUT2D eigenvalue weighted by atomic mass is 10.1. The molecule has 4 nitrogen and oxygen atoms in total. The largest absolute Gasteiger partial charge is 0.392 e. The van der Waals surface area contributed by atoms with Gasteiger partial charge in [0.25, 0.3) is 0 Å². The van der Waals surface area contributed by atoms with Crippen molar-refractivity contribution in [2.45, 2.75) is 13.2 Å². The minimum absolute atomic E-state index is 0.279. The van der Waals surface area contributed by atoms with E-state index in [1.807, 2.05) is 0 Å². The topological polar surface area (TPSA) is 58.0 Å². The van der Waals surface area contributed by atoms with Gasteiger partial charge in [0.05, 0.1) is 19.0 Å². The van der Waals surface area contributed by atoms with E-state index in [1.54, 1.807) is 12.1 Å². The molecule has 0 bridgehead atoms. The van der Waals surface area contributed by atoms with Crippen LogP contribution in [0.2, 0.25) is 5.15 Å². The van der Waals surface area contributed by atoms with Crippen molar-refractivity contribution in [2.24, 2.45) is 0 Å². The quantitative estimate of drug-likeness (QED) is 0.893. The smallest absolute Gasteiger partial charge is 0.149 e. The fraction of sp³-hybridized carbons (Fsp3) is 0.167. The van der Waals surface area contributed by atoms with Crippen molar-refractivity contribution >= 4 is 17.4 Å². The van der Waals surface area contributed by atoms with Gasteiger partial charge in [0.1, 0.15) is 16.8 Å². The first-order valence-electron chi connectivity index (χ1n) is 5.28. The Bertz CT molecular complexity index is 551. The molecule has 1 aromatic heterocycles. The Labute approximate surface area is 108 Å². The van der Waals surface area contributed by atoms with Crippen LogP contribution in [-0.4, -0.2) is 15.1 Å². The van der Waals surface area contributed by atoms with Gasteiger partial charge in [0.15, 0.2) is 0 Å². The molecule has 1 aromatic carbocycles. The lowest BCUT2D eigenvalue weighted by Gasteiger charge is -2.07.